The molecule has 2 aromatic carbocycles. The molecular formula is C22H24F3N5O3S. The van der Waals surface area contributed by atoms with E-state index in [1.165, 1.54) is 6.92 Å². The predicted molar refractivity (Wildman–Crippen MR) is 122 cm³/mol. The van der Waals surface area contributed by atoms with E-state index >= 15 is 0 Å². The molecule has 34 heavy (non-hydrogen) atoms. The SMILES string of the molecule is CCS(=O)(=O)NCc1ccc(NC(=O)NCc2cc(C(F)(F)F)nn2-c2ccc(C)cc2)cc1. The molecule has 0 bridgehead atoms. The van der Waals surface area contributed by atoms with Crippen LogP contribution in [-0.4, -0.2) is 30.0 Å². The number of amides is 2. The molecule has 182 valence electrons. The lowest BCUT2D eigenvalue weighted by Gasteiger charge is -2.11. The molecule has 1 heterocycles. The number of alkyl halides is 3. The quantitative estimate of drug-likeness (QED) is 0.440. The standard InChI is InChI=1S/C22H24F3N5O3S/c1-3-34(32,33)27-13-16-6-8-17(9-7-16)28-21(31)26-14-19-12-20(22(23,24)25)29-30(19)18-10-4-15(2)5-11-18/h4-12,27H,3,13-14H2,1-2H3,(H2,26,28,31). The van der Waals surface area contributed by atoms with Gasteiger partial charge in [0.15, 0.2) is 5.69 Å². The molecule has 0 fully saturated rings. The Bertz CT molecular complexity index is 1240. The average molecular weight is 496 g/mol. The van der Waals surface area contributed by atoms with Gasteiger partial charge in [-0.2, -0.15) is 18.3 Å². The van der Waals surface area contributed by atoms with E-state index in [-0.39, 0.29) is 24.5 Å². The monoisotopic (exact) mass is 495 g/mol. The van der Waals surface area contributed by atoms with Crippen LogP contribution in [-0.2, 0) is 29.3 Å². The summed E-state index contributed by atoms with van der Waals surface area (Å²) in [6.07, 6.45) is -4.62. The van der Waals surface area contributed by atoms with Crippen LogP contribution in [0.3, 0.4) is 0 Å². The summed E-state index contributed by atoms with van der Waals surface area (Å²) in [5.74, 6) is -0.0277. The Morgan fingerprint density at radius 2 is 1.68 bits per heavy atom. The molecule has 0 aliphatic heterocycles. The number of nitrogens with one attached hydrogen (secondary N) is 3. The van der Waals surface area contributed by atoms with E-state index in [1.807, 2.05) is 6.92 Å². The molecule has 0 saturated carbocycles. The van der Waals surface area contributed by atoms with Crippen molar-refractivity contribution in [1.82, 2.24) is 19.8 Å². The van der Waals surface area contributed by atoms with E-state index in [0.717, 1.165) is 16.3 Å². The highest BCUT2D eigenvalue weighted by Crippen LogP contribution is 2.29. The molecule has 3 aromatic rings. The summed E-state index contributed by atoms with van der Waals surface area (Å²) >= 11 is 0. The highest BCUT2D eigenvalue weighted by Gasteiger charge is 2.35. The number of benzene rings is 2. The second-order valence-electron chi connectivity index (χ2n) is 7.50. The molecule has 0 atom stereocenters. The van der Waals surface area contributed by atoms with Crippen molar-refractivity contribution >= 4 is 21.7 Å². The number of nitrogens with zero attached hydrogens (tertiary/aromatic N) is 2. The summed E-state index contributed by atoms with van der Waals surface area (Å²) in [5.41, 5.74) is 1.61. The van der Waals surface area contributed by atoms with Crippen LogP contribution in [0, 0.1) is 6.92 Å². The summed E-state index contributed by atoms with van der Waals surface area (Å²) in [6.45, 7) is 3.31. The number of anilines is 1. The van der Waals surface area contributed by atoms with Gasteiger partial charge in [-0.3, -0.25) is 0 Å². The Labute approximate surface area is 195 Å². The van der Waals surface area contributed by atoms with Crippen LogP contribution >= 0.6 is 0 Å². The van der Waals surface area contributed by atoms with Crippen molar-refractivity contribution < 1.29 is 26.4 Å². The molecule has 0 radical (unpaired) electrons. The van der Waals surface area contributed by atoms with Crippen molar-refractivity contribution in [2.75, 3.05) is 11.1 Å². The lowest BCUT2D eigenvalue weighted by Crippen LogP contribution is -2.29. The number of hydrogen-bond donors (Lipinski definition) is 3. The molecule has 0 aliphatic rings. The van der Waals surface area contributed by atoms with E-state index < -0.39 is 27.9 Å². The van der Waals surface area contributed by atoms with E-state index in [0.29, 0.717) is 16.9 Å². The Morgan fingerprint density at radius 1 is 1.03 bits per heavy atom. The first-order chi connectivity index (χ1) is 16.0. The van der Waals surface area contributed by atoms with Gasteiger partial charge in [0.25, 0.3) is 0 Å². The molecular weight excluding hydrogens is 471 g/mol. The van der Waals surface area contributed by atoms with Gasteiger partial charge in [0.05, 0.1) is 23.7 Å². The third-order valence-electron chi connectivity index (χ3n) is 4.87. The fourth-order valence-electron chi connectivity index (χ4n) is 2.94. The molecule has 3 N–H and O–H groups in total. The minimum atomic E-state index is -4.62. The maximum Gasteiger partial charge on any atom is 0.435 e. The average Bonchev–Trinajstić information content (AvgIpc) is 3.23. The number of hydrogen-bond acceptors (Lipinski definition) is 4. The van der Waals surface area contributed by atoms with Gasteiger partial charge in [-0.25, -0.2) is 22.6 Å². The zero-order chi connectivity index (χ0) is 24.9. The molecule has 0 saturated heterocycles. The largest absolute Gasteiger partial charge is 0.435 e. The normalized spacial score (nSPS) is 11.9. The first kappa shape index (κ1) is 25.2. The van der Waals surface area contributed by atoms with Crippen LogP contribution in [0.15, 0.2) is 54.6 Å². The highest BCUT2D eigenvalue weighted by molar-refractivity contribution is 7.89. The van der Waals surface area contributed by atoms with E-state index in [4.69, 9.17) is 0 Å². The summed E-state index contributed by atoms with van der Waals surface area (Å²) in [7, 11) is -3.32. The van der Waals surface area contributed by atoms with E-state index in [2.05, 4.69) is 20.5 Å². The van der Waals surface area contributed by atoms with Crippen molar-refractivity contribution in [2.24, 2.45) is 0 Å². The van der Waals surface area contributed by atoms with Crippen molar-refractivity contribution in [3.05, 3.63) is 77.1 Å². The number of rotatable bonds is 8. The fourth-order valence-corrected chi connectivity index (χ4v) is 3.53. The number of carbonyl (C=O) groups is 1. The molecule has 0 spiro atoms. The number of urea groups is 1. The van der Waals surface area contributed by atoms with E-state index in [9.17, 15) is 26.4 Å². The van der Waals surface area contributed by atoms with Gasteiger partial charge < -0.3 is 10.6 Å². The Hall–Kier alpha value is -3.38. The smallest absolute Gasteiger partial charge is 0.332 e. The summed E-state index contributed by atoms with van der Waals surface area (Å²) < 4.78 is 66.2. The fraction of sp³-hybridized carbons (Fsp3) is 0.273. The van der Waals surface area contributed by atoms with Gasteiger partial charge >= 0.3 is 12.2 Å². The topological polar surface area (TPSA) is 105 Å². The van der Waals surface area contributed by atoms with Crippen molar-refractivity contribution in [1.29, 1.82) is 0 Å². The molecule has 8 nitrogen and oxygen atoms in total. The second kappa shape index (κ2) is 10.3. The molecule has 2 amide bonds. The highest BCUT2D eigenvalue weighted by atomic mass is 32.2. The third kappa shape index (κ3) is 6.81. The van der Waals surface area contributed by atoms with Crippen LogP contribution in [0.25, 0.3) is 5.69 Å². The van der Waals surface area contributed by atoms with E-state index in [1.54, 1.807) is 48.5 Å². The number of sulfonamides is 1. The lowest BCUT2D eigenvalue weighted by molar-refractivity contribution is -0.141. The molecule has 3 rings (SSSR count). The number of aromatic nitrogens is 2. The van der Waals surface area contributed by atoms with Crippen LogP contribution in [0.5, 0.6) is 0 Å². The number of halogens is 3. The van der Waals surface area contributed by atoms with Crippen LogP contribution in [0.4, 0.5) is 23.7 Å². The van der Waals surface area contributed by atoms with Crippen LogP contribution in [0.2, 0.25) is 0 Å². The molecule has 1 aromatic heterocycles. The summed E-state index contributed by atoms with van der Waals surface area (Å²) in [5, 5.41) is 8.78. The molecule has 0 aliphatic carbocycles. The van der Waals surface area contributed by atoms with Crippen molar-refractivity contribution in [3.8, 4) is 5.69 Å². The maximum atomic E-state index is 13.2. The van der Waals surface area contributed by atoms with Crippen molar-refractivity contribution in [3.63, 3.8) is 0 Å². The first-order valence-electron chi connectivity index (χ1n) is 10.3. The predicted octanol–water partition coefficient (Wildman–Crippen LogP) is 3.96. The van der Waals surface area contributed by atoms with Gasteiger partial charge in [-0.15, -0.1) is 0 Å². The van der Waals surface area contributed by atoms with Gasteiger partial charge in [0, 0.05) is 12.2 Å². The van der Waals surface area contributed by atoms with Gasteiger partial charge in [-0.1, -0.05) is 29.8 Å². The Kier molecular flexibility index (Phi) is 7.62. The molecule has 0 unspecified atom stereocenters. The second-order valence-corrected chi connectivity index (χ2v) is 9.59. The van der Waals surface area contributed by atoms with Crippen molar-refractivity contribution in [2.45, 2.75) is 33.1 Å². The van der Waals surface area contributed by atoms with Crippen LogP contribution in [0.1, 0.15) is 29.4 Å². The lowest BCUT2D eigenvalue weighted by atomic mass is 10.2. The Balaban J connectivity index is 1.65. The number of carbonyl (C=O) groups excluding carboxylic acids is 1. The summed E-state index contributed by atoms with van der Waals surface area (Å²) in [4.78, 5) is 12.3. The van der Waals surface area contributed by atoms with Gasteiger partial charge in [0.1, 0.15) is 0 Å². The first-order valence-corrected chi connectivity index (χ1v) is 12.0. The Morgan fingerprint density at radius 3 is 2.26 bits per heavy atom. The summed E-state index contributed by atoms with van der Waals surface area (Å²) in [6, 6.07) is 13.6. The van der Waals surface area contributed by atoms with Gasteiger partial charge in [0.2, 0.25) is 10.0 Å². The third-order valence-corrected chi connectivity index (χ3v) is 6.21. The zero-order valence-corrected chi connectivity index (χ0v) is 19.3. The maximum absolute atomic E-state index is 13.2. The minimum absolute atomic E-state index is 0.0277. The zero-order valence-electron chi connectivity index (χ0n) is 18.5. The van der Waals surface area contributed by atoms with Crippen LogP contribution < -0.4 is 15.4 Å². The minimum Gasteiger partial charge on any atom is -0.332 e. The van der Waals surface area contributed by atoms with Gasteiger partial charge in [-0.05, 0) is 49.7 Å². The molecule has 12 heteroatoms. The number of aryl methyl sites for hydroxylation is 1.